The SMILES string of the molecule is NCc1cc(Cl)ccc1-c1[nH]ccc(=S)c1C=O. The number of benzene rings is 1. The van der Waals surface area contributed by atoms with Gasteiger partial charge < -0.3 is 10.7 Å². The van der Waals surface area contributed by atoms with Gasteiger partial charge in [0.05, 0.1) is 15.8 Å². The van der Waals surface area contributed by atoms with Crippen molar-refractivity contribution in [3.05, 3.63) is 51.1 Å². The van der Waals surface area contributed by atoms with Crippen LogP contribution < -0.4 is 5.73 Å². The van der Waals surface area contributed by atoms with Gasteiger partial charge >= 0.3 is 0 Å². The summed E-state index contributed by atoms with van der Waals surface area (Å²) in [6.07, 6.45) is 2.46. The van der Waals surface area contributed by atoms with E-state index in [1.165, 1.54) is 0 Å². The summed E-state index contributed by atoms with van der Waals surface area (Å²) >= 11 is 11.1. The standard InChI is InChI=1S/C13H11ClN2OS/c14-9-1-2-10(8(5-9)6-15)13-11(7-17)12(18)3-4-16-13/h1-5,7H,6,15H2,(H,16,18). The summed E-state index contributed by atoms with van der Waals surface area (Å²) < 4.78 is 0.511. The Balaban J connectivity index is 2.73. The highest BCUT2D eigenvalue weighted by molar-refractivity contribution is 7.71. The number of aromatic nitrogens is 1. The lowest BCUT2D eigenvalue weighted by Crippen LogP contribution is -2.01. The molecule has 0 aliphatic heterocycles. The number of aldehydes is 1. The highest BCUT2D eigenvalue weighted by Gasteiger charge is 2.10. The molecule has 0 saturated carbocycles. The maximum Gasteiger partial charge on any atom is 0.153 e. The third kappa shape index (κ3) is 2.36. The van der Waals surface area contributed by atoms with Crippen LogP contribution in [0.2, 0.25) is 5.02 Å². The first-order chi connectivity index (χ1) is 8.67. The van der Waals surface area contributed by atoms with Crippen molar-refractivity contribution >= 4 is 30.1 Å². The molecule has 5 heteroatoms. The molecule has 2 rings (SSSR count). The van der Waals surface area contributed by atoms with Crippen molar-refractivity contribution in [1.82, 2.24) is 4.98 Å². The van der Waals surface area contributed by atoms with Crippen LogP contribution in [0, 0.1) is 4.51 Å². The summed E-state index contributed by atoms with van der Waals surface area (Å²) in [4.78, 5) is 14.2. The molecule has 0 aliphatic carbocycles. The van der Waals surface area contributed by atoms with Gasteiger partial charge in [0.1, 0.15) is 0 Å². The minimum Gasteiger partial charge on any atom is -0.361 e. The fourth-order valence-corrected chi connectivity index (χ4v) is 2.22. The quantitative estimate of drug-likeness (QED) is 0.669. The number of halogens is 1. The molecule has 0 spiro atoms. The zero-order valence-corrected chi connectivity index (χ0v) is 11.0. The minimum absolute atomic E-state index is 0.337. The van der Waals surface area contributed by atoms with Crippen LogP contribution in [0.1, 0.15) is 15.9 Å². The second kappa shape index (κ2) is 5.44. The Labute approximate surface area is 115 Å². The topological polar surface area (TPSA) is 58.9 Å². The van der Waals surface area contributed by atoms with Crippen LogP contribution in [0.4, 0.5) is 0 Å². The van der Waals surface area contributed by atoms with E-state index < -0.39 is 0 Å². The van der Waals surface area contributed by atoms with E-state index in [-0.39, 0.29) is 0 Å². The van der Waals surface area contributed by atoms with Gasteiger partial charge in [0.15, 0.2) is 6.29 Å². The van der Waals surface area contributed by atoms with Crippen molar-refractivity contribution in [3.8, 4) is 11.3 Å². The van der Waals surface area contributed by atoms with Crippen molar-refractivity contribution in [3.63, 3.8) is 0 Å². The molecular weight excluding hydrogens is 268 g/mol. The van der Waals surface area contributed by atoms with Crippen molar-refractivity contribution in [2.24, 2.45) is 5.73 Å². The van der Waals surface area contributed by atoms with Crippen molar-refractivity contribution in [2.45, 2.75) is 6.54 Å². The molecule has 2 aromatic rings. The van der Waals surface area contributed by atoms with Gasteiger partial charge in [-0.1, -0.05) is 29.9 Å². The number of hydrogen-bond donors (Lipinski definition) is 2. The number of carbonyl (C=O) groups excluding carboxylic acids is 1. The van der Waals surface area contributed by atoms with E-state index in [4.69, 9.17) is 29.6 Å². The molecule has 3 N–H and O–H groups in total. The van der Waals surface area contributed by atoms with Crippen LogP contribution in [-0.4, -0.2) is 11.3 Å². The Bertz CT molecular complexity index is 652. The minimum atomic E-state index is 0.337. The smallest absolute Gasteiger partial charge is 0.153 e. The molecule has 18 heavy (non-hydrogen) atoms. The number of rotatable bonds is 3. The van der Waals surface area contributed by atoms with Gasteiger partial charge in [0.25, 0.3) is 0 Å². The van der Waals surface area contributed by atoms with Gasteiger partial charge in [-0.2, -0.15) is 0 Å². The maximum atomic E-state index is 11.1. The van der Waals surface area contributed by atoms with E-state index in [2.05, 4.69) is 4.98 Å². The molecule has 0 amide bonds. The summed E-state index contributed by atoms with van der Waals surface area (Å²) in [6.45, 7) is 0.337. The second-order valence-electron chi connectivity index (χ2n) is 3.75. The number of pyridine rings is 1. The second-order valence-corrected chi connectivity index (χ2v) is 4.63. The van der Waals surface area contributed by atoms with Gasteiger partial charge in [0, 0.05) is 23.3 Å². The van der Waals surface area contributed by atoms with E-state index in [1.54, 1.807) is 24.4 Å². The number of carbonyl (C=O) groups is 1. The van der Waals surface area contributed by atoms with E-state index in [1.807, 2.05) is 6.07 Å². The Morgan fingerprint density at radius 2 is 2.17 bits per heavy atom. The highest BCUT2D eigenvalue weighted by atomic mass is 35.5. The molecule has 0 radical (unpaired) electrons. The molecular formula is C13H11ClN2OS. The van der Waals surface area contributed by atoms with Crippen LogP contribution >= 0.6 is 23.8 Å². The number of H-pyrrole nitrogens is 1. The lowest BCUT2D eigenvalue weighted by molar-refractivity contribution is 0.112. The molecule has 0 saturated heterocycles. The number of nitrogens with two attached hydrogens (primary N) is 1. The Morgan fingerprint density at radius 1 is 1.39 bits per heavy atom. The predicted molar refractivity (Wildman–Crippen MR) is 75.4 cm³/mol. The molecule has 0 fully saturated rings. The molecule has 1 aromatic carbocycles. The third-order valence-electron chi connectivity index (χ3n) is 2.67. The Hall–Kier alpha value is -1.49. The Morgan fingerprint density at radius 3 is 2.83 bits per heavy atom. The molecule has 1 heterocycles. The summed E-state index contributed by atoms with van der Waals surface area (Å²) in [7, 11) is 0. The van der Waals surface area contributed by atoms with Crippen LogP contribution in [0.3, 0.4) is 0 Å². The van der Waals surface area contributed by atoms with Crippen molar-refractivity contribution < 1.29 is 4.79 Å². The molecule has 0 aliphatic rings. The van der Waals surface area contributed by atoms with Gasteiger partial charge in [0.2, 0.25) is 0 Å². The first kappa shape index (κ1) is 13.0. The lowest BCUT2D eigenvalue weighted by atomic mass is 10.0. The Kier molecular flexibility index (Phi) is 3.91. The number of nitrogens with one attached hydrogen (secondary N) is 1. The number of hydrogen-bond acceptors (Lipinski definition) is 3. The average molecular weight is 279 g/mol. The molecule has 0 atom stereocenters. The zero-order valence-electron chi connectivity index (χ0n) is 9.44. The van der Waals surface area contributed by atoms with E-state index >= 15 is 0 Å². The monoisotopic (exact) mass is 278 g/mol. The summed E-state index contributed by atoms with van der Waals surface area (Å²) in [6, 6.07) is 7.06. The number of aromatic amines is 1. The first-order valence-corrected chi connectivity index (χ1v) is 6.11. The van der Waals surface area contributed by atoms with Gasteiger partial charge in [-0.3, -0.25) is 4.79 Å². The molecule has 1 aromatic heterocycles. The fourth-order valence-electron chi connectivity index (χ4n) is 1.81. The zero-order chi connectivity index (χ0) is 13.1. The normalized spacial score (nSPS) is 10.3. The highest BCUT2D eigenvalue weighted by Crippen LogP contribution is 2.27. The molecule has 0 bridgehead atoms. The van der Waals surface area contributed by atoms with Crippen molar-refractivity contribution in [1.29, 1.82) is 0 Å². The average Bonchev–Trinajstić information content (AvgIpc) is 2.38. The summed E-state index contributed by atoms with van der Waals surface area (Å²) in [5.41, 5.74) is 8.54. The third-order valence-corrected chi connectivity index (χ3v) is 3.26. The van der Waals surface area contributed by atoms with Crippen LogP contribution in [0.25, 0.3) is 11.3 Å². The van der Waals surface area contributed by atoms with Crippen LogP contribution in [-0.2, 0) is 6.54 Å². The maximum absolute atomic E-state index is 11.1. The van der Waals surface area contributed by atoms with Crippen LogP contribution in [0.5, 0.6) is 0 Å². The van der Waals surface area contributed by atoms with E-state index in [9.17, 15) is 4.79 Å². The fraction of sp³-hybridized carbons (Fsp3) is 0.0769. The van der Waals surface area contributed by atoms with Crippen molar-refractivity contribution in [2.75, 3.05) is 0 Å². The molecule has 3 nitrogen and oxygen atoms in total. The summed E-state index contributed by atoms with van der Waals surface area (Å²) in [5.74, 6) is 0. The molecule has 0 unspecified atom stereocenters. The molecule has 92 valence electrons. The van der Waals surface area contributed by atoms with E-state index in [0.29, 0.717) is 27.3 Å². The predicted octanol–water partition coefficient (Wildman–Crippen LogP) is 3.34. The van der Waals surface area contributed by atoms with Gasteiger partial charge in [-0.25, -0.2) is 0 Å². The first-order valence-electron chi connectivity index (χ1n) is 5.33. The van der Waals surface area contributed by atoms with Gasteiger partial charge in [-0.15, -0.1) is 0 Å². The van der Waals surface area contributed by atoms with E-state index in [0.717, 1.165) is 17.4 Å². The largest absolute Gasteiger partial charge is 0.361 e. The van der Waals surface area contributed by atoms with Gasteiger partial charge in [-0.05, 0) is 23.8 Å². The lowest BCUT2D eigenvalue weighted by Gasteiger charge is -2.10. The summed E-state index contributed by atoms with van der Waals surface area (Å²) in [5, 5.41) is 0.612. The van der Waals surface area contributed by atoms with Crippen LogP contribution in [0.15, 0.2) is 30.5 Å².